The van der Waals surface area contributed by atoms with Gasteiger partial charge in [-0.25, -0.2) is 0 Å². The monoisotopic (exact) mass is 392 g/mol. The van der Waals surface area contributed by atoms with E-state index in [4.69, 9.17) is 9.47 Å². The molecule has 2 aliphatic carbocycles. The predicted octanol–water partition coefficient (Wildman–Crippen LogP) is 2.29. The number of fused-ring (bicyclic) bond motifs is 1. The Morgan fingerprint density at radius 3 is 2.67 bits per heavy atom. The quantitative estimate of drug-likeness (QED) is 0.446. The number of hydrogen-bond donors (Lipinski definition) is 0. The van der Waals surface area contributed by atoms with Crippen molar-refractivity contribution in [2.24, 2.45) is 23.7 Å². The second-order valence-corrected chi connectivity index (χ2v) is 7.92. The van der Waals surface area contributed by atoms with Crippen LogP contribution in [0, 0.1) is 30.6 Å². The standard InChI is InChI=1S/C18H17BrO5/c1-8-2-4-9(5-3-8)12(20)7-23-17(21)13-10-6-11-14(13)18(22)24-16(11)15(10)19/h2-5,10-11,13-16H,6-7H2,1H3/t10-,11+,13+,14-,15+,16-/m0/s1. The van der Waals surface area contributed by atoms with Crippen LogP contribution in [-0.4, -0.2) is 35.3 Å². The van der Waals surface area contributed by atoms with Gasteiger partial charge in [-0.3, -0.25) is 14.4 Å². The lowest BCUT2D eigenvalue weighted by Gasteiger charge is -2.26. The van der Waals surface area contributed by atoms with Crippen LogP contribution in [0.5, 0.6) is 0 Å². The van der Waals surface area contributed by atoms with Gasteiger partial charge in [0.05, 0.1) is 16.7 Å². The molecule has 6 heteroatoms. The first-order chi connectivity index (χ1) is 11.5. The van der Waals surface area contributed by atoms with Crippen molar-refractivity contribution in [1.29, 1.82) is 0 Å². The number of carbonyl (C=O) groups excluding carboxylic acids is 3. The number of halogens is 1. The highest BCUT2D eigenvalue weighted by molar-refractivity contribution is 9.09. The zero-order chi connectivity index (χ0) is 17.0. The molecule has 1 aromatic rings. The van der Waals surface area contributed by atoms with Crippen molar-refractivity contribution in [2.75, 3.05) is 6.61 Å². The lowest BCUT2D eigenvalue weighted by molar-refractivity contribution is -0.154. The van der Waals surface area contributed by atoms with Crippen molar-refractivity contribution in [3.8, 4) is 0 Å². The predicted molar refractivity (Wildman–Crippen MR) is 87.6 cm³/mol. The number of alkyl halides is 1. The number of ketones is 1. The third-order valence-electron chi connectivity index (χ3n) is 5.51. The third kappa shape index (κ3) is 2.31. The lowest BCUT2D eigenvalue weighted by atomic mass is 9.80. The van der Waals surface area contributed by atoms with Crippen LogP contribution in [0.3, 0.4) is 0 Å². The highest BCUT2D eigenvalue weighted by Gasteiger charge is 2.68. The summed E-state index contributed by atoms with van der Waals surface area (Å²) in [5, 5.41) is 0. The summed E-state index contributed by atoms with van der Waals surface area (Å²) in [5.74, 6) is -1.78. The molecule has 1 aliphatic heterocycles. The highest BCUT2D eigenvalue weighted by Crippen LogP contribution is 2.60. The Bertz CT molecular complexity index is 713. The Morgan fingerprint density at radius 2 is 1.96 bits per heavy atom. The van der Waals surface area contributed by atoms with E-state index in [0.29, 0.717) is 5.56 Å². The van der Waals surface area contributed by atoms with Gasteiger partial charge in [-0.05, 0) is 19.3 Å². The molecule has 1 saturated heterocycles. The summed E-state index contributed by atoms with van der Waals surface area (Å²) in [7, 11) is 0. The molecule has 24 heavy (non-hydrogen) atoms. The fraction of sp³-hybridized carbons (Fsp3) is 0.500. The van der Waals surface area contributed by atoms with Crippen LogP contribution >= 0.6 is 15.9 Å². The molecule has 2 saturated carbocycles. The Balaban J connectivity index is 1.43. The topological polar surface area (TPSA) is 69.7 Å². The molecule has 6 atom stereocenters. The van der Waals surface area contributed by atoms with Gasteiger partial charge in [-0.2, -0.15) is 0 Å². The smallest absolute Gasteiger partial charge is 0.310 e. The maximum Gasteiger partial charge on any atom is 0.310 e. The first kappa shape index (κ1) is 15.8. The minimum absolute atomic E-state index is 0.00412. The van der Waals surface area contributed by atoms with E-state index >= 15 is 0 Å². The van der Waals surface area contributed by atoms with Crippen LogP contribution < -0.4 is 0 Å². The first-order valence-corrected chi connectivity index (χ1v) is 9.00. The molecule has 5 nitrogen and oxygen atoms in total. The zero-order valence-corrected chi connectivity index (χ0v) is 14.7. The summed E-state index contributed by atoms with van der Waals surface area (Å²) in [6.07, 6.45) is 0.675. The van der Waals surface area contributed by atoms with Gasteiger partial charge in [0.1, 0.15) is 6.10 Å². The molecule has 0 unspecified atom stereocenters. The number of hydrogen-bond acceptors (Lipinski definition) is 5. The van der Waals surface area contributed by atoms with Gasteiger partial charge in [0, 0.05) is 11.5 Å². The van der Waals surface area contributed by atoms with Crippen molar-refractivity contribution >= 4 is 33.7 Å². The van der Waals surface area contributed by atoms with Crippen LogP contribution in [0.2, 0.25) is 0 Å². The number of esters is 2. The van der Waals surface area contributed by atoms with Crippen molar-refractivity contribution < 1.29 is 23.9 Å². The summed E-state index contributed by atoms with van der Waals surface area (Å²) in [6.45, 7) is 1.64. The first-order valence-electron chi connectivity index (χ1n) is 8.08. The number of aryl methyl sites for hydroxylation is 1. The van der Waals surface area contributed by atoms with Gasteiger partial charge in [-0.1, -0.05) is 45.8 Å². The van der Waals surface area contributed by atoms with Gasteiger partial charge < -0.3 is 9.47 Å². The number of rotatable bonds is 4. The van der Waals surface area contributed by atoms with Crippen molar-refractivity contribution in [3.05, 3.63) is 35.4 Å². The number of Topliss-reactive ketones (excluding diaryl/α,β-unsaturated/α-hetero) is 1. The molecule has 0 amide bonds. The summed E-state index contributed by atoms with van der Waals surface area (Å²) in [4.78, 5) is 36.7. The summed E-state index contributed by atoms with van der Waals surface area (Å²) >= 11 is 3.56. The maximum absolute atomic E-state index is 12.5. The second-order valence-electron chi connectivity index (χ2n) is 6.86. The average Bonchev–Trinajstić information content (AvgIpc) is 3.17. The summed E-state index contributed by atoms with van der Waals surface area (Å²) < 4.78 is 10.6. The van der Waals surface area contributed by atoms with Gasteiger partial charge in [0.25, 0.3) is 0 Å². The molecule has 0 spiro atoms. The van der Waals surface area contributed by atoms with Gasteiger partial charge in [-0.15, -0.1) is 0 Å². The number of benzene rings is 1. The van der Waals surface area contributed by atoms with Crippen LogP contribution in [0.15, 0.2) is 24.3 Å². The molecular weight excluding hydrogens is 376 g/mol. The molecule has 1 aromatic carbocycles. The van der Waals surface area contributed by atoms with E-state index in [1.54, 1.807) is 12.1 Å². The van der Waals surface area contributed by atoms with E-state index < -0.39 is 17.8 Å². The zero-order valence-electron chi connectivity index (χ0n) is 13.1. The van der Waals surface area contributed by atoms with E-state index in [1.807, 2.05) is 19.1 Å². The second kappa shape index (κ2) is 5.69. The van der Waals surface area contributed by atoms with Crippen LogP contribution in [0.25, 0.3) is 0 Å². The molecule has 3 aliphatic rings. The molecule has 0 radical (unpaired) electrons. The minimum Gasteiger partial charge on any atom is -0.461 e. The fourth-order valence-electron chi connectivity index (χ4n) is 4.35. The van der Waals surface area contributed by atoms with E-state index in [9.17, 15) is 14.4 Å². The maximum atomic E-state index is 12.5. The van der Waals surface area contributed by atoms with E-state index in [2.05, 4.69) is 15.9 Å². The normalized spacial score (nSPS) is 35.8. The Hall–Kier alpha value is -1.69. The Morgan fingerprint density at radius 1 is 1.25 bits per heavy atom. The van der Waals surface area contributed by atoms with Crippen LogP contribution in [0.1, 0.15) is 22.3 Å². The van der Waals surface area contributed by atoms with E-state index in [1.165, 1.54) is 0 Å². The van der Waals surface area contributed by atoms with Crippen molar-refractivity contribution in [3.63, 3.8) is 0 Å². The molecule has 3 fully saturated rings. The average molecular weight is 393 g/mol. The third-order valence-corrected chi connectivity index (χ3v) is 6.71. The minimum atomic E-state index is -0.503. The van der Waals surface area contributed by atoms with Crippen LogP contribution in [0.4, 0.5) is 0 Å². The van der Waals surface area contributed by atoms with Crippen LogP contribution in [-0.2, 0) is 19.1 Å². The van der Waals surface area contributed by atoms with Crippen molar-refractivity contribution in [1.82, 2.24) is 0 Å². The molecule has 126 valence electrons. The largest absolute Gasteiger partial charge is 0.461 e. The Labute approximate surface area is 147 Å². The van der Waals surface area contributed by atoms with Gasteiger partial charge >= 0.3 is 11.9 Å². The fourth-order valence-corrected chi connectivity index (χ4v) is 5.39. The molecule has 0 aromatic heterocycles. The number of ether oxygens (including phenoxy) is 2. The summed E-state index contributed by atoms with van der Waals surface area (Å²) in [6, 6.07) is 7.12. The molecule has 0 N–H and O–H groups in total. The molecule has 2 bridgehead atoms. The van der Waals surface area contributed by atoms with Gasteiger partial charge in [0.15, 0.2) is 12.4 Å². The van der Waals surface area contributed by atoms with E-state index in [-0.39, 0.29) is 41.1 Å². The van der Waals surface area contributed by atoms with Crippen molar-refractivity contribution in [2.45, 2.75) is 24.3 Å². The molecule has 1 heterocycles. The molecular formula is C18H17BrO5. The Kier molecular flexibility index (Phi) is 3.75. The SMILES string of the molecule is Cc1ccc(C(=O)COC(=O)[C@@H]2[C@@H]3C[C@H]4[C@H](OC(=O)[C@@H]42)[C@@H]3Br)cc1. The lowest BCUT2D eigenvalue weighted by Crippen LogP contribution is -2.39. The van der Waals surface area contributed by atoms with Gasteiger partial charge in [0.2, 0.25) is 0 Å². The number of carbonyl (C=O) groups is 3. The molecule has 4 rings (SSSR count). The highest BCUT2D eigenvalue weighted by atomic mass is 79.9. The summed E-state index contributed by atoms with van der Waals surface area (Å²) in [5.41, 5.74) is 1.57. The van der Waals surface area contributed by atoms with E-state index in [0.717, 1.165) is 12.0 Å².